The molecule has 1 N–H and O–H groups in total. The summed E-state index contributed by atoms with van der Waals surface area (Å²) in [7, 11) is 1.79. The number of carbonyl (C=O) groups excluding carboxylic acids is 2. The van der Waals surface area contributed by atoms with Crippen LogP contribution in [-0.4, -0.2) is 55.0 Å². The standard InChI is InChI=1S/C17H24N6O4/c1-17(2,3)26-16(25)23-7-5-6-12(23)15(24)18-9-13-20-14(21-27-13)11-8-19-22(4)10-11/h8,10,12H,5-7,9H2,1-4H3,(H,18,24)/t12-/m0/s1. The van der Waals surface area contributed by atoms with Gasteiger partial charge in [0.05, 0.1) is 18.3 Å². The number of rotatable bonds is 4. The van der Waals surface area contributed by atoms with Crippen LogP contribution in [0.15, 0.2) is 16.9 Å². The summed E-state index contributed by atoms with van der Waals surface area (Å²) in [4.78, 5) is 30.5. The highest BCUT2D eigenvalue weighted by atomic mass is 16.6. The summed E-state index contributed by atoms with van der Waals surface area (Å²) in [6, 6.07) is -0.555. The maximum Gasteiger partial charge on any atom is 0.410 e. The van der Waals surface area contributed by atoms with Gasteiger partial charge in [-0.15, -0.1) is 0 Å². The third-order valence-corrected chi connectivity index (χ3v) is 4.03. The van der Waals surface area contributed by atoms with Crippen LogP contribution in [0.5, 0.6) is 0 Å². The monoisotopic (exact) mass is 376 g/mol. The number of ether oxygens (including phenoxy) is 1. The van der Waals surface area contributed by atoms with Crippen molar-refractivity contribution in [1.29, 1.82) is 0 Å². The zero-order valence-electron chi connectivity index (χ0n) is 15.9. The average Bonchev–Trinajstić information content (AvgIpc) is 3.30. The second-order valence-corrected chi connectivity index (χ2v) is 7.46. The van der Waals surface area contributed by atoms with E-state index in [1.54, 1.807) is 44.9 Å². The Morgan fingerprint density at radius 3 is 2.85 bits per heavy atom. The Hall–Kier alpha value is -2.91. The van der Waals surface area contributed by atoms with Crippen LogP contribution in [0.4, 0.5) is 4.79 Å². The van der Waals surface area contributed by atoms with Gasteiger partial charge in [-0.3, -0.25) is 14.4 Å². The highest BCUT2D eigenvalue weighted by molar-refractivity contribution is 5.86. The topological polar surface area (TPSA) is 115 Å². The molecular formula is C17H24N6O4. The van der Waals surface area contributed by atoms with Crippen LogP contribution in [-0.2, 0) is 23.1 Å². The van der Waals surface area contributed by atoms with E-state index in [0.717, 1.165) is 12.0 Å². The molecule has 1 fully saturated rings. The van der Waals surface area contributed by atoms with Crippen molar-refractivity contribution in [2.45, 2.75) is 51.8 Å². The molecule has 2 aromatic heterocycles. The van der Waals surface area contributed by atoms with Crippen molar-refractivity contribution in [3.63, 3.8) is 0 Å². The minimum absolute atomic E-state index is 0.0880. The SMILES string of the molecule is Cn1cc(-c2noc(CNC(=O)[C@@H]3CCCN3C(=O)OC(C)(C)C)n2)cn1. The first-order valence-corrected chi connectivity index (χ1v) is 8.82. The number of nitrogens with one attached hydrogen (secondary N) is 1. The first-order chi connectivity index (χ1) is 12.7. The van der Waals surface area contributed by atoms with Crippen LogP contribution in [0.25, 0.3) is 11.4 Å². The van der Waals surface area contributed by atoms with E-state index in [2.05, 4.69) is 20.6 Å². The van der Waals surface area contributed by atoms with E-state index in [4.69, 9.17) is 9.26 Å². The van der Waals surface area contributed by atoms with Crippen molar-refractivity contribution in [3.05, 3.63) is 18.3 Å². The lowest BCUT2D eigenvalue weighted by Gasteiger charge is -2.27. The lowest BCUT2D eigenvalue weighted by Crippen LogP contribution is -2.47. The van der Waals surface area contributed by atoms with Crippen molar-refractivity contribution in [1.82, 2.24) is 30.1 Å². The number of amides is 2. The van der Waals surface area contributed by atoms with Gasteiger partial charge in [-0.1, -0.05) is 5.16 Å². The molecule has 0 unspecified atom stereocenters. The van der Waals surface area contributed by atoms with E-state index >= 15 is 0 Å². The predicted octanol–water partition coefficient (Wildman–Crippen LogP) is 1.49. The molecule has 0 bridgehead atoms. The second kappa shape index (κ2) is 7.37. The molecule has 0 aliphatic carbocycles. The Bertz CT molecular complexity index is 822. The fraction of sp³-hybridized carbons (Fsp3) is 0.588. The predicted molar refractivity (Wildman–Crippen MR) is 94.3 cm³/mol. The molecule has 3 rings (SSSR count). The van der Waals surface area contributed by atoms with Crippen LogP contribution in [0.1, 0.15) is 39.5 Å². The van der Waals surface area contributed by atoms with Crippen molar-refractivity contribution in [2.75, 3.05) is 6.54 Å². The van der Waals surface area contributed by atoms with Gasteiger partial charge in [0.2, 0.25) is 17.6 Å². The lowest BCUT2D eigenvalue weighted by atomic mass is 10.2. The van der Waals surface area contributed by atoms with Crippen LogP contribution in [0.3, 0.4) is 0 Å². The van der Waals surface area contributed by atoms with E-state index in [1.165, 1.54) is 4.90 Å². The van der Waals surface area contributed by atoms with Gasteiger partial charge >= 0.3 is 6.09 Å². The minimum Gasteiger partial charge on any atom is -0.444 e. The van der Waals surface area contributed by atoms with Gasteiger partial charge in [0, 0.05) is 19.8 Å². The highest BCUT2D eigenvalue weighted by Crippen LogP contribution is 2.21. The molecule has 2 amide bonds. The zero-order valence-corrected chi connectivity index (χ0v) is 15.9. The molecule has 0 radical (unpaired) electrons. The normalized spacial score (nSPS) is 17.2. The van der Waals surface area contributed by atoms with Crippen LogP contribution in [0.2, 0.25) is 0 Å². The van der Waals surface area contributed by atoms with E-state index in [-0.39, 0.29) is 18.3 Å². The summed E-state index contributed by atoms with van der Waals surface area (Å²) >= 11 is 0. The molecule has 0 saturated carbocycles. The van der Waals surface area contributed by atoms with Crippen LogP contribution >= 0.6 is 0 Å². The van der Waals surface area contributed by atoms with Crippen LogP contribution < -0.4 is 5.32 Å². The summed E-state index contributed by atoms with van der Waals surface area (Å²) in [5.41, 5.74) is 0.124. The number of aromatic nitrogens is 4. The number of hydrogen-bond donors (Lipinski definition) is 1. The minimum atomic E-state index is -0.604. The fourth-order valence-electron chi connectivity index (χ4n) is 2.84. The molecule has 3 heterocycles. The summed E-state index contributed by atoms with van der Waals surface area (Å²) < 4.78 is 12.2. The molecule has 146 valence electrons. The molecular weight excluding hydrogens is 352 g/mol. The third kappa shape index (κ3) is 4.63. The first-order valence-electron chi connectivity index (χ1n) is 8.82. The lowest BCUT2D eigenvalue weighted by molar-refractivity contribution is -0.125. The second-order valence-electron chi connectivity index (χ2n) is 7.46. The van der Waals surface area contributed by atoms with E-state index in [9.17, 15) is 9.59 Å². The number of likely N-dealkylation sites (tertiary alicyclic amines) is 1. The number of hydrogen-bond acceptors (Lipinski definition) is 7. The fourth-order valence-corrected chi connectivity index (χ4v) is 2.84. The van der Waals surface area contributed by atoms with Gasteiger partial charge < -0.3 is 14.6 Å². The van der Waals surface area contributed by atoms with E-state index < -0.39 is 17.7 Å². The van der Waals surface area contributed by atoms with Gasteiger partial charge in [-0.2, -0.15) is 10.1 Å². The first kappa shape index (κ1) is 18.9. The number of aryl methyl sites for hydroxylation is 1. The van der Waals surface area contributed by atoms with Gasteiger partial charge in [-0.25, -0.2) is 4.79 Å². The van der Waals surface area contributed by atoms with Crippen molar-refractivity contribution in [3.8, 4) is 11.4 Å². The molecule has 2 aromatic rings. The van der Waals surface area contributed by atoms with Gasteiger partial charge in [-0.05, 0) is 33.6 Å². The third-order valence-electron chi connectivity index (χ3n) is 4.03. The Kier molecular flexibility index (Phi) is 5.15. The van der Waals surface area contributed by atoms with Crippen molar-refractivity contribution < 1.29 is 18.8 Å². The zero-order chi connectivity index (χ0) is 19.6. The summed E-state index contributed by atoms with van der Waals surface area (Å²) in [6.45, 7) is 5.98. The summed E-state index contributed by atoms with van der Waals surface area (Å²) in [5, 5.41) is 10.7. The Labute approximate surface area is 156 Å². The van der Waals surface area contributed by atoms with E-state index in [0.29, 0.717) is 18.8 Å². The molecule has 10 heteroatoms. The molecule has 27 heavy (non-hydrogen) atoms. The summed E-state index contributed by atoms with van der Waals surface area (Å²) in [5.74, 6) is 0.423. The van der Waals surface area contributed by atoms with E-state index in [1.807, 2.05) is 0 Å². The summed E-state index contributed by atoms with van der Waals surface area (Å²) in [6.07, 6.45) is 4.27. The molecule has 0 spiro atoms. The largest absolute Gasteiger partial charge is 0.444 e. The van der Waals surface area contributed by atoms with Gasteiger partial charge in [0.25, 0.3) is 0 Å². The van der Waals surface area contributed by atoms with Gasteiger partial charge in [0.15, 0.2) is 0 Å². The number of nitrogens with zero attached hydrogens (tertiary/aromatic N) is 5. The molecule has 1 aliphatic heterocycles. The Morgan fingerprint density at radius 2 is 2.19 bits per heavy atom. The number of carbonyl (C=O) groups is 2. The molecule has 1 atom stereocenters. The maximum absolute atomic E-state index is 12.5. The molecule has 1 aliphatic rings. The molecule has 0 aromatic carbocycles. The smallest absolute Gasteiger partial charge is 0.410 e. The molecule has 10 nitrogen and oxygen atoms in total. The molecule has 1 saturated heterocycles. The highest BCUT2D eigenvalue weighted by Gasteiger charge is 2.36. The quantitative estimate of drug-likeness (QED) is 0.859. The Balaban J connectivity index is 1.57. The maximum atomic E-state index is 12.5. The Morgan fingerprint density at radius 1 is 1.41 bits per heavy atom. The van der Waals surface area contributed by atoms with Gasteiger partial charge in [0.1, 0.15) is 11.6 Å². The van der Waals surface area contributed by atoms with Crippen molar-refractivity contribution >= 4 is 12.0 Å². The van der Waals surface area contributed by atoms with Crippen molar-refractivity contribution in [2.24, 2.45) is 7.05 Å². The van der Waals surface area contributed by atoms with Crippen LogP contribution in [0, 0.1) is 0 Å². The average molecular weight is 376 g/mol.